The molecular formula is C15H29NO6S. The van der Waals surface area contributed by atoms with Gasteiger partial charge in [-0.3, -0.25) is 4.18 Å². The van der Waals surface area contributed by atoms with E-state index in [1.807, 2.05) is 20.8 Å². The van der Waals surface area contributed by atoms with E-state index in [0.717, 1.165) is 31.9 Å². The Balaban J connectivity index is 2.12. The summed E-state index contributed by atoms with van der Waals surface area (Å²) in [6.45, 7) is 6.14. The number of alkyl carbamates (subject to hydrolysis) is 1. The molecule has 23 heavy (non-hydrogen) atoms. The van der Waals surface area contributed by atoms with Crippen LogP contribution in [0.3, 0.4) is 0 Å². The highest BCUT2D eigenvalue weighted by Gasteiger charge is 2.25. The Morgan fingerprint density at radius 3 is 2.26 bits per heavy atom. The van der Waals surface area contributed by atoms with Gasteiger partial charge in [-0.25, -0.2) is 4.79 Å². The number of hydrogen-bond donors (Lipinski definition) is 1. The third kappa shape index (κ3) is 10.5. The Morgan fingerprint density at radius 2 is 1.74 bits per heavy atom. The maximum atomic E-state index is 11.7. The predicted octanol–water partition coefficient (Wildman–Crippen LogP) is 2.21. The second kappa shape index (κ2) is 8.84. The van der Waals surface area contributed by atoms with Gasteiger partial charge in [-0.1, -0.05) is 0 Å². The lowest BCUT2D eigenvalue weighted by molar-refractivity contribution is 0.0137. The topological polar surface area (TPSA) is 90.9 Å². The Kier molecular flexibility index (Phi) is 7.76. The Bertz CT molecular complexity index is 463. The van der Waals surface area contributed by atoms with Crippen molar-refractivity contribution in [2.24, 2.45) is 0 Å². The Morgan fingerprint density at radius 1 is 1.13 bits per heavy atom. The second-order valence-corrected chi connectivity index (χ2v) is 8.51. The van der Waals surface area contributed by atoms with Crippen molar-refractivity contribution >= 4 is 16.2 Å². The van der Waals surface area contributed by atoms with Crippen LogP contribution in [0.15, 0.2) is 0 Å². The van der Waals surface area contributed by atoms with Crippen LogP contribution in [0.5, 0.6) is 0 Å². The molecule has 0 atom stereocenters. The number of carbonyl (C=O) groups is 1. The van der Waals surface area contributed by atoms with Crippen LogP contribution < -0.4 is 5.32 Å². The highest BCUT2D eigenvalue weighted by molar-refractivity contribution is 7.85. The van der Waals surface area contributed by atoms with Crippen molar-refractivity contribution in [1.82, 2.24) is 5.32 Å². The summed E-state index contributed by atoms with van der Waals surface area (Å²) in [5.74, 6) is 0. The molecule has 0 aromatic carbocycles. The van der Waals surface area contributed by atoms with E-state index < -0.39 is 15.7 Å². The summed E-state index contributed by atoms with van der Waals surface area (Å²) in [7, 11) is -3.37. The van der Waals surface area contributed by atoms with Crippen LogP contribution in [0.4, 0.5) is 4.79 Å². The van der Waals surface area contributed by atoms with E-state index in [4.69, 9.17) is 9.47 Å². The van der Waals surface area contributed by atoms with Crippen LogP contribution in [0.1, 0.15) is 52.9 Å². The molecule has 0 spiro atoms. The monoisotopic (exact) mass is 351 g/mol. The van der Waals surface area contributed by atoms with Crippen LogP contribution >= 0.6 is 0 Å². The van der Waals surface area contributed by atoms with Crippen LogP contribution in [-0.2, 0) is 23.8 Å². The molecule has 0 aliphatic heterocycles. The molecule has 136 valence electrons. The van der Waals surface area contributed by atoms with Crippen LogP contribution in [0.25, 0.3) is 0 Å². The van der Waals surface area contributed by atoms with E-state index in [1.54, 1.807) is 0 Å². The highest BCUT2D eigenvalue weighted by atomic mass is 32.2. The number of ether oxygens (including phenoxy) is 2. The second-order valence-electron chi connectivity index (χ2n) is 6.87. The quantitative estimate of drug-likeness (QED) is 0.558. The average molecular weight is 351 g/mol. The van der Waals surface area contributed by atoms with Gasteiger partial charge in [-0.05, 0) is 52.9 Å². The lowest BCUT2D eigenvalue weighted by atomic mass is 9.93. The van der Waals surface area contributed by atoms with Gasteiger partial charge in [-0.15, -0.1) is 0 Å². The maximum Gasteiger partial charge on any atom is 0.407 e. The summed E-state index contributed by atoms with van der Waals surface area (Å²) < 4.78 is 37.2. The van der Waals surface area contributed by atoms with Gasteiger partial charge in [0, 0.05) is 12.6 Å². The molecule has 1 rings (SSSR count). The van der Waals surface area contributed by atoms with Gasteiger partial charge in [-0.2, -0.15) is 8.42 Å². The van der Waals surface area contributed by atoms with Crippen molar-refractivity contribution in [2.75, 3.05) is 19.5 Å². The number of nitrogens with one attached hydrogen (secondary N) is 1. The third-order valence-corrected chi connectivity index (χ3v) is 3.93. The summed E-state index contributed by atoms with van der Waals surface area (Å²) >= 11 is 0. The van der Waals surface area contributed by atoms with Gasteiger partial charge in [0.25, 0.3) is 10.1 Å². The van der Waals surface area contributed by atoms with Gasteiger partial charge >= 0.3 is 6.09 Å². The molecular weight excluding hydrogens is 322 g/mol. The number of amides is 1. The molecule has 7 nitrogen and oxygen atoms in total. The van der Waals surface area contributed by atoms with E-state index in [1.165, 1.54) is 0 Å². The molecule has 1 aliphatic carbocycles. The number of carbonyl (C=O) groups excluding carboxylic acids is 1. The molecule has 0 bridgehead atoms. The fourth-order valence-electron chi connectivity index (χ4n) is 2.37. The molecule has 1 saturated carbocycles. The molecule has 0 unspecified atom stereocenters. The zero-order valence-electron chi connectivity index (χ0n) is 14.5. The molecule has 1 N–H and O–H groups in total. The summed E-state index contributed by atoms with van der Waals surface area (Å²) in [6.07, 6.45) is 4.80. The zero-order chi connectivity index (χ0) is 17.5. The lowest BCUT2D eigenvalue weighted by Crippen LogP contribution is -2.41. The van der Waals surface area contributed by atoms with Crippen molar-refractivity contribution in [3.63, 3.8) is 0 Å². The average Bonchev–Trinajstić information content (AvgIpc) is 2.36. The first kappa shape index (κ1) is 20.2. The SMILES string of the molecule is CC(C)(C)OC(=O)NC1CCC(OCCCOS(C)(=O)=O)CC1. The minimum Gasteiger partial charge on any atom is -0.444 e. The number of rotatable bonds is 7. The summed E-state index contributed by atoms with van der Waals surface area (Å²) in [6, 6.07) is 0.123. The Hall–Kier alpha value is -0.860. The van der Waals surface area contributed by atoms with Crippen LogP contribution in [0.2, 0.25) is 0 Å². The fourth-order valence-corrected chi connectivity index (χ4v) is 2.79. The normalized spacial score (nSPS) is 22.6. The first-order valence-corrected chi connectivity index (χ1v) is 9.82. The standard InChI is InChI=1S/C15H29NO6S/c1-15(2,3)22-14(17)16-12-6-8-13(9-7-12)20-10-5-11-21-23(4,18)19/h12-13H,5-11H2,1-4H3,(H,16,17). The van der Waals surface area contributed by atoms with Crippen molar-refractivity contribution in [3.05, 3.63) is 0 Å². The molecule has 1 aliphatic rings. The van der Waals surface area contributed by atoms with E-state index >= 15 is 0 Å². The maximum absolute atomic E-state index is 11.7. The molecule has 0 aromatic heterocycles. The summed E-state index contributed by atoms with van der Waals surface area (Å²) in [5, 5.41) is 2.89. The zero-order valence-corrected chi connectivity index (χ0v) is 15.3. The van der Waals surface area contributed by atoms with Crippen molar-refractivity contribution < 1.29 is 26.9 Å². The molecule has 0 heterocycles. The van der Waals surface area contributed by atoms with Gasteiger partial charge in [0.1, 0.15) is 5.60 Å². The number of hydrogen-bond acceptors (Lipinski definition) is 6. The molecule has 1 amide bonds. The smallest absolute Gasteiger partial charge is 0.407 e. The Labute approximate surface area is 139 Å². The highest BCUT2D eigenvalue weighted by Crippen LogP contribution is 2.22. The van der Waals surface area contributed by atoms with E-state index in [9.17, 15) is 13.2 Å². The van der Waals surface area contributed by atoms with E-state index in [2.05, 4.69) is 9.50 Å². The molecule has 8 heteroatoms. The van der Waals surface area contributed by atoms with Crippen molar-refractivity contribution in [1.29, 1.82) is 0 Å². The summed E-state index contributed by atoms with van der Waals surface area (Å²) in [5.41, 5.74) is -0.488. The van der Waals surface area contributed by atoms with E-state index in [-0.39, 0.29) is 24.8 Å². The largest absolute Gasteiger partial charge is 0.444 e. The third-order valence-electron chi connectivity index (χ3n) is 3.33. The molecule has 0 saturated heterocycles. The van der Waals surface area contributed by atoms with Crippen LogP contribution in [0, 0.1) is 0 Å². The van der Waals surface area contributed by atoms with Gasteiger partial charge < -0.3 is 14.8 Å². The van der Waals surface area contributed by atoms with Crippen molar-refractivity contribution in [2.45, 2.75) is 70.6 Å². The first-order chi connectivity index (χ1) is 10.6. The van der Waals surface area contributed by atoms with Gasteiger partial charge in [0.15, 0.2) is 0 Å². The van der Waals surface area contributed by atoms with Crippen molar-refractivity contribution in [3.8, 4) is 0 Å². The molecule has 0 radical (unpaired) electrons. The van der Waals surface area contributed by atoms with Gasteiger partial charge in [0.2, 0.25) is 0 Å². The first-order valence-electron chi connectivity index (χ1n) is 8.01. The fraction of sp³-hybridized carbons (Fsp3) is 0.933. The van der Waals surface area contributed by atoms with E-state index in [0.29, 0.717) is 13.0 Å². The predicted molar refractivity (Wildman–Crippen MR) is 86.8 cm³/mol. The lowest BCUT2D eigenvalue weighted by Gasteiger charge is -2.30. The molecule has 1 fully saturated rings. The minimum atomic E-state index is -3.37. The summed E-state index contributed by atoms with van der Waals surface area (Å²) in [4.78, 5) is 11.7. The van der Waals surface area contributed by atoms with Crippen LogP contribution in [-0.4, -0.2) is 51.7 Å². The minimum absolute atomic E-state index is 0.123. The molecule has 0 aromatic rings. The van der Waals surface area contributed by atoms with Gasteiger partial charge in [0.05, 0.1) is 19.0 Å².